The lowest BCUT2D eigenvalue weighted by atomic mass is 10.1. The van der Waals surface area contributed by atoms with Crippen LogP contribution in [0.15, 0.2) is 18.2 Å². The molecule has 104 valence electrons. The molecule has 1 N–H and O–H groups in total. The van der Waals surface area contributed by atoms with Crippen LogP contribution in [0.1, 0.15) is 18.4 Å². The lowest BCUT2D eigenvalue weighted by molar-refractivity contribution is -0.120. The first-order valence-electron chi connectivity index (χ1n) is 6.40. The number of nitrogens with one attached hydrogen (secondary N) is 1. The van der Waals surface area contributed by atoms with E-state index >= 15 is 0 Å². The molecular formula is C14H18ClNO3. The average Bonchev–Trinajstić information content (AvgIpc) is 2.90. The molecule has 1 fully saturated rings. The molecular weight excluding hydrogens is 266 g/mol. The summed E-state index contributed by atoms with van der Waals surface area (Å²) in [4.78, 5) is 11.8. The van der Waals surface area contributed by atoms with Crippen LogP contribution < -0.4 is 10.1 Å². The van der Waals surface area contributed by atoms with Crippen molar-refractivity contribution in [3.63, 3.8) is 0 Å². The van der Waals surface area contributed by atoms with E-state index in [1.165, 1.54) is 0 Å². The Kier molecular flexibility index (Phi) is 5.05. The molecule has 1 atom stereocenters. The zero-order valence-electron chi connectivity index (χ0n) is 10.9. The van der Waals surface area contributed by atoms with E-state index in [-0.39, 0.29) is 12.0 Å². The highest BCUT2D eigenvalue weighted by Gasteiger charge is 2.16. The lowest BCUT2D eigenvalue weighted by Crippen LogP contribution is -2.32. The molecule has 19 heavy (non-hydrogen) atoms. The van der Waals surface area contributed by atoms with E-state index in [4.69, 9.17) is 21.1 Å². The minimum absolute atomic E-state index is 0.0169. The zero-order valence-corrected chi connectivity index (χ0v) is 11.7. The Morgan fingerprint density at radius 3 is 3.05 bits per heavy atom. The molecule has 1 unspecified atom stereocenters. The number of ether oxygens (including phenoxy) is 2. The zero-order chi connectivity index (χ0) is 13.7. The third kappa shape index (κ3) is 4.11. The Morgan fingerprint density at radius 2 is 2.42 bits per heavy atom. The van der Waals surface area contributed by atoms with Gasteiger partial charge in [0.05, 0.1) is 24.7 Å². The van der Waals surface area contributed by atoms with Gasteiger partial charge in [-0.15, -0.1) is 0 Å². The Hall–Kier alpha value is -1.26. The van der Waals surface area contributed by atoms with Crippen molar-refractivity contribution in [1.82, 2.24) is 5.32 Å². The van der Waals surface area contributed by atoms with Gasteiger partial charge in [0.15, 0.2) is 0 Å². The maximum Gasteiger partial charge on any atom is 0.224 e. The predicted octanol–water partition coefficient (Wildman–Crippen LogP) is 2.19. The third-order valence-corrected chi connectivity index (χ3v) is 3.43. The van der Waals surface area contributed by atoms with Crippen LogP contribution in [0.4, 0.5) is 0 Å². The molecule has 0 spiro atoms. The quantitative estimate of drug-likeness (QED) is 0.901. The molecule has 1 aliphatic heterocycles. The summed E-state index contributed by atoms with van der Waals surface area (Å²) in [7, 11) is 1.56. The van der Waals surface area contributed by atoms with Gasteiger partial charge in [-0.1, -0.05) is 17.7 Å². The number of amides is 1. The molecule has 1 aromatic rings. The van der Waals surface area contributed by atoms with E-state index < -0.39 is 0 Å². The standard InChI is InChI=1S/C14H18ClNO3/c1-18-13-5-4-10(7-12(13)15)8-14(17)16-9-11-3-2-6-19-11/h4-5,7,11H,2-3,6,8-9H2,1H3,(H,16,17). The summed E-state index contributed by atoms with van der Waals surface area (Å²) >= 11 is 6.02. The van der Waals surface area contributed by atoms with Gasteiger partial charge in [0.2, 0.25) is 5.91 Å². The van der Waals surface area contributed by atoms with Crippen LogP contribution in [0.5, 0.6) is 5.75 Å². The smallest absolute Gasteiger partial charge is 0.224 e. The number of hydrogen-bond acceptors (Lipinski definition) is 3. The number of halogens is 1. The number of carbonyl (C=O) groups excluding carboxylic acids is 1. The molecule has 4 nitrogen and oxygen atoms in total. The van der Waals surface area contributed by atoms with Gasteiger partial charge in [0, 0.05) is 13.2 Å². The van der Waals surface area contributed by atoms with Gasteiger partial charge in [0.1, 0.15) is 5.75 Å². The van der Waals surface area contributed by atoms with E-state index in [0.29, 0.717) is 23.7 Å². The second kappa shape index (κ2) is 6.78. The van der Waals surface area contributed by atoms with E-state index in [9.17, 15) is 4.79 Å². The van der Waals surface area contributed by atoms with Gasteiger partial charge in [0.25, 0.3) is 0 Å². The summed E-state index contributed by atoms with van der Waals surface area (Å²) < 4.78 is 10.5. The van der Waals surface area contributed by atoms with Crippen LogP contribution >= 0.6 is 11.6 Å². The number of carbonyl (C=O) groups is 1. The Bertz CT molecular complexity index is 444. The van der Waals surface area contributed by atoms with Crippen molar-refractivity contribution in [3.8, 4) is 5.75 Å². The van der Waals surface area contributed by atoms with Crippen LogP contribution in [0, 0.1) is 0 Å². The fraction of sp³-hybridized carbons (Fsp3) is 0.500. The molecule has 0 radical (unpaired) electrons. The molecule has 0 bridgehead atoms. The first-order valence-corrected chi connectivity index (χ1v) is 6.77. The molecule has 0 saturated carbocycles. The average molecular weight is 284 g/mol. The van der Waals surface area contributed by atoms with Crippen molar-refractivity contribution < 1.29 is 14.3 Å². The van der Waals surface area contributed by atoms with Crippen LogP contribution in [-0.4, -0.2) is 32.3 Å². The molecule has 0 aliphatic carbocycles. The highest BCUT2D eigenvalue weighted by atomic mass is 35.5. The molecule has 1 amide bonds. The van der Waals surface area contributed by atoms with Crippen molar-refractivity contribution >= 4 is 17.5 Å². The van der Waals surface area contributed by atoms with Crippen molar-refractivity contribution in [3.05, 3.63) is 28.8 Å². The maximum atomic E-state index is 11.8. The normalized spacial score (nSPS) is 18.3. The molecule has 0 aromatic heterocycles. The summed E-state index contributed by atoms with van der Waals surface area (Å²) in [6, 6.07) is 5.37. The van der Waals surface area contributed by atoms with E-state index in [0.717, 1.165) is 25.0 Å². The minimum atomic E-state index is -0.0169. The Balaban J connectivity index is 1.82. The molecule has 1 aliphatic rings. The number of hydrogen-bond donors (Lipinski definition) is 1. The van der Waals surface area contributed by atoms with Gasteiger partial charge in [-0.3, -0.25) is 4.79 Å². The van der Waals surface area contributed by atoms with Gasteiger partial charge >= 0.3 is 0 Å². The SMILES string of the molecule is COc1ccc(CC(=O)NCC2CCCO2)cc1Cl. The summed E-state index contributed by atoms with van der Waals surface area (Å²) in [5.41, 5.74) is 0.871. The Morgan fingerprint density at radius 1 is 1.58 bits per heavy atom. The monoisotopic (exact) mass is 283 g/mol. The maximum absolute atomic E-state index is 11.8. The molecule has 1 heterocycles. The summed E-state index contributed by atoms with van der Waals surface area (Å²) in [6.45, 7) is 1.39. The van der Waals surface area contributed by atoms with E-state index in [2.05, 4.69) is 5.32 Å². The Labute approximate surface area is 118 Å². The predicted molar refractivity (Wildman–Crippen MR) is 73.7 cm³/mol. The van der Waals surface area contributed by atoms with Crippen LogP contribution in [0.25, 0.3) is 0 Å². The summed E-state index contributed by atoms with van der Waals surface area (Å²) in [6.07, 6.45) is 2.59. The molecule has 2 rings (SSSR count). The molecule has 5 heteroatoms. The van der Waals surface area contributed by atoms with E-state index in [1.807, 2.05) is 6.07 Å². The third-order valence-electron chi connectivity index (χ3n) is 3.13. The van der Waals surface area contributed by atoms with Crippen molar-refractivity contribution in [2.24, 2.45) is 0 Å². The fourth-order valence-corrected chi connectivity index (χ4v) is 2.38. The van der Waals surface area contributed by atoms with Crippen LogP contribution in [-0.2, 0) is 16.0 Å². The minimum Gasteiger partial charge on any atom is -0.495 e. The number of rotatable bonds is 5. The van der Waals surface area contributed by atoms with Crippen LogP contribution in [0.2, 0.25) is 5.02 Å². The number of methoxy groups -OCH3 is 1. The highest BCUT2D eigenvalue weighted by molar-refractivity contribution is 6.32. The van der Waals surface area contributed by atoms with E-state index in [1.54, 1.807) is 19.2 Å². The lowest BCUT2D eigenvalue weighted by Gasteiger charge is -2.11. The summed E-state index contributed by atoms with van der Waals surface area (Å²) in [5, 5.41) is 3.40. The first kappa shape index (κ1) is 14.2. The summed E-state index contributed by atoms with van der Waals surface area (Å²) in [5.74, 6) is 0.599. The largest absolute Gasteiger partial charge is 0.495 e. The fourth-order valence-electron chi connectivity index (χ4n) is 2.10. The molecule has 1 aromatic carbocycles. The highest BCUT2D eigenvalue weighted by Crippen LogP contribution is 2.25. The van der Waals surface area contributed by atoms with Gasteiger partial charge < -0.3 is 14.8 Å². The second-order valence-corrected chi connectivity index (χ2v) is 4.99. The van der Waals surface area contributed by atoms with Gasteiger partial charge in [-0.25, -0.2) is 0 Å². The van der Waals surface area contributed by atoms with Gasteiger partial charge in [-0.05, 0) is 30.5 Å². The topological polar surface area (TPSA) is 47.6 Å². The second-order valence-electron chi connectivity index (χ2n) is 4.58. The first-order chi connectivity index (χ1) is 9.19. The van der Waals surface area contributed by atoms with Crippen molar-refractivity contribution in [1.29, 1.82) is 0 Å². The molecule has 1 saturated heterocycles. The van der Waals surface area contributed by atoms with Crippen LogP contribution in [0.3, 0.4) is 0 Å². The number of benzene rings is 1. The van der Waals surface area contributed by atoms with Crippen molar-refractivity contribution in [2.75, 3.05) is 20.3 Å². The van der Waals surface area contributed by atoms with Crippen molar-refractivity contribution in [2.45, 2.75) is 25.4 Å². The van der Waals surface area contributed by atoms with Gasteiger partial charge in [-0.2, -0.15) is 0 Å².